The SMILES string of the molecule is CN[C@@H](C)C(=O)N[C@H](C(=O)N1C[C@@H](n2cc(-c3cccc(-c4cn([C@H]5C[C@@H](C(=O)N[C@@H]6CCCc7ccccc76)N(C(=O)[C@@H](NC(=O)[C@H](C)NC)C(C)(C)C)C5)nn4)c3)nn2)C[C@H]1C(=O)N[C@@H]1CCCc2ccccc21)C(C)(C)C. The summed E-state index contributed by atoms with van der Waals surface area (Å²) >= 11 is 0. The molecule has 0 spiro atoms. The topological polar surface area (TPSA) is 242 Å². The van der Waals surface area contributed by atoms with Crippen molar-refractivity contribution in [2.45, 2.75) is 167 Å². The third kappa shape index (κ3) is 12.4. The number of carbonyl (C=O) groups is 6. The summed E-state index contributed by atoms with van der Waals surface area (Å²) in [6.07, 6.45) is 9.50. The van der Waals surface area contributed by atoms with Crippen molar-refractivity contribution in [2.24, 2.45) is 10.8 Å². The molecule has 426 valence electrons. The molecule has 5 aromatic rings. The van der Waals surface area contributed by atoms with Gasteiger partial charge in [0.05, 0.1) is 48.6 Å². The minimum absolute atomic E-state index is 0.163. The Labute approximate surface area is 469 Å². The van der Waals surface area contributed by atoms with Crippen molar-refractivity contribution < 1.29 is 28.8 Å². The van der Waals surface area contributed by atoms with Crippen molar-refractivity contribution in [3.63, 3.8) is 0 Å². The van der Waals surface area contributed by atoms with Crippen molar-refractivity contribution in [3.05, 3.63) is 107 Å². The molecule has 6 N–H and O–H groups in total. The number of nitrogens with one attached hydrogen (secondary N) is 6. The third-order valence-electron chi connectivity index (χ3n) is 16.8. The van der Waals surface area contributed by atoms with E-state index in [1.165, 1.54) is 11.1 Å². The van der Waals surface area contributed by atoms with Crippen LogP contribution in [-0.4, -0.2) is 139 Å². The highest BCUT2D eigenvalue weighted by atomic mass is 16.2. The Kier molecular flexibility index (Phi) is 17.1. The molecule has 2 aromatic heterocycles. The van der Waals surface area contributed by atoms with E-state index in [-0.39, 0.29) is 73.5 Å². The number of benzene rings is 3. The van der Waals surface area contributed by atoms with Crippen LogP contribution in [0, 0.1) is 10.8 Å². The summed E-state index contributed by atoms with van der Waals surface area (Å²) in [7, 11) is 3.38. The summed E-state index contributed by atoms with van der Waals surface area (Å²) in [5, 5.41) is 36.9. The van der Waals surface area contributed by atoms with Crippen molar-refractivity contribution in [2.75, 3.05) is 27.2 Å². The lowest BCUT2D eigenvalue weighted by Gasteiger charge is -2.36. The highest BCUT2D eigenvalue weighted by Gasteiger charge is 2.48. The number of rotatable bonds is 16. The number of hydrogen-bond acceptors (Lipinski definition) is 12. The van der Waals surface area contributed by atoms with Crippen LogP contribution in [0.15, 0.2) is 85.2 Å². The maximum absolute atomic E-state index is 14.8. The van der Waals surface area contributed by atoms with E-state index in [0.29, 0.717) is 11.4 Å². The second-order valence-corrected chi connectivity index (χ2v) is 24.5. The summed E-state index contributed by atoms with van der Waals surface area (Å²) in [4.78, 5) is 88.6. The average Bonchev–Trinajstić information content (AvgIpc) is 4.36. The Morgan fingerprint density at radius 1 is 0.562 bits per heavy atom. The van der Waals surface area contributed by atoms with E-state index in [2.05, 4.69) is 76.8 Å². The Morgan fingerprint density at radius 2 is 0.963 bits per heavy atom. The molecule has 4 heterocycles. The number of likely N-dealkylation sites (tertiary alicyclic amines) is 2. The lowest BCUT2D eigenvalue weighted by Crippen LogP contribution is -2.59. The molecule has 2 fully saturated rings. The van der Waals surface area contributed by atoms with E-state index < -0.39 is 59.2 Å². The summed E-state index contributed by atoms with van der Waals surface area (Å²) in [6.45, 7) is 15.2. The number of nitrogens with zero attached hydrogens (tertiary/aromatic N) is 8. The van der Waals surface area contributed by atoms with Gasteiger partial charge in [-0.1, -0.05) is 119 Å². The van der Waals surface area contributed by atoms with Gasteiger partial charge in [-0.15, -0.1) is 10.2 Å². The van der Waals surface area contributed by atoms with Crippen LogP contribution in [0.4, 0.5) is 0 Å². The third-order valence-corrected chi connectivity index (χ3v) is 16.8. The molecule has 80 heavy (non-hydrogen) atoms. The highest BCUT2D eigenvalue weighted by molar-refractivity contribution is 5.95. The molecule has 2 aliphatic carbocycles. The van der Waals surface area contributed by atoms with E-state index in [1.807, 2.05) is 102 Å². The van der Waals surface area contributed by atoms with Gasteiger partial charge in [0.2, 0.25) is 35.4 Å². The van der Waals surface area contributed by atoms with Crippen molar-refractivity contribution >= 4 is 35.4 Å². The van der Waals surface area contributed by atoms with E-state index in [0.717, 1.165) is 60.8 Å². The molecular weight excluding hydrogens is 1010 g/mol. The summed E-state index contributed by atoms with van der Waals surface area (Å²) < 4.78 is 3.44. The number of fused-ring (bicyclic) bond motifs is 2. The van der Waals surface area contributed by atoms with Crippen LogP contribution in [0.3, 0.4) is 0 Å². The first-order chi connectivity index (χ1) is 38.1. The Balaban J connectivity index is 0.953. The second kappa shape index (κ2) is 23.8. The number of likely N-dealkylation sites (N-methyl/N-ethyl adjacent to an activating group) is 2. The van der Waals surface area contributed by atoms with Gasteiger partial charge in [-0.2, -0.15) is 0 Å². The monoisotopic (exact) mass is 1090 g/mol. The molecule has 2 saturated heterocycles. The fourth-order valence-corrected chi connectivity index (χ4v) is 11.8. The van der Waals surface area contributed by atoms with Gasteiger partial charge in [0.25, 0.3) is 0 Å². The Hall–Kier alpha value is -7.32. The van der Waals surface area contributed by atoms with Crippen molar-refractivity contribution in [3.8, 4) is 22.5 Å². The smallest absolute Gasteiger partial charge is 0.246 e. The van der Waals surface area contributed by atoms with Crippen LogP contribution in [0.25, 0.3) is 22.5 Å². The number of hydrogen-bond donors (Lipinski definition) is 6. The summed E-state index contributed by atoms with van der Waals surface area (Å²) in [5.41, 5.74) is 5.84. The fourth-order valence-electron chi connectivity index (χ4n) is 11.8. The second-order valence-electron chi connectivity index (χ2n) is 24.5. The zero-order valence-electron chi connectivity index (χ0n) is 48.0. The van der Waals surface area contributed by atoms with Crippen molar-refractivity contribution in [1.29, 1.82) is 0 Å². The van der Waals surface area contributed by atoms with Gasteiger partial charge in [-0.3, -0.25) is 28.8 Å². The predicted molar refractivity (Wildman–Crippen MR) is 303 cm³/mol. The Bertz CT molecular complexity index is 2890. The van der Waals surface area contributed by atoms with Crippen LogP contribution in [0.2, 0.25) is 0 Å². The molecule has 4 aliphatic rings. The maximum Gasteiger partial charge on any atom is 0.246 e. The highest BCUT2D eigenvalue weighted by Crippen LogP contribution is 2.37. The molecule has 0 unspecified atom stereocenters. The molecule has 20 nitrogen and oxygen atoms in total. The standard InChI is InChI=1S/C60H80N14O6/c1-35(61-9)53(75)65-51(59(3,4)5)57(79)71-31-41(29-49(71)55(77)63-45-26-16-20-37-18-11-13-24-43(37)45)73-33-47(67-69-73)39-22-15-23-40(28-39)48-34-74(70-68-48)42-30-50(56(78)64-46-27-17-21-38-19-12-14-25-44(38)46)72(32-42)58(80)52(60(6,7)8)66-54(76)36(2)62-10/h11-15,18-19,22-25,28,33-36,41-42,45-46,49-52,61-62H,16-17,20-21,26-27,29-32H2,1-10H3,(H,63,77)(H,64,78)(H,65,75)(H,66,76)/t35-,36-,41-,42-,45+,46+,49-,50-,51+,52+/m0/s1. The minimum atomic E-state index is -0.921. The number of aromatic nitrogens is 6. The van der Waals surface area contributed by atoms with Crippen LogP contribution in [0.1, 0.15) is 140 Å². The van der Waals surface area contributed by atoms with Gasteiger partial charge in [-0.25, -0.2) is 9.36 Å². The lowest BCUT2D eigenvalue weighted by atomic mass is 9.85. The first-order valence-corrected chi connectivity index (χ1v) is 28.4. The molecule has 0 bridgehead atoms. The zero-order valence-corrected chi connectivity index (χ0v) is 48.0. The zero-order chi connectivity index (χ0) is 57.2. The van der Waals surface area contributed by atoms with Gasteiger partial charge < -0.3 is 41.7 Å². The van der Waals surface area contributed by atoms with Gasteiger partial charge >= 0.3 is 0 Å². The molecule has 0 saturated carbocycles. The quantitative estimate of drug-likeness (QED) is 0.0752. The molecule has 0 radical (unpaired) electrons. The van der Waals surface area contributed by atoms with Crippen LogP contribution >= 0.6 is 0 Å². The molecular formula is C60H80N14O6. The van der Waals surface area contributed by atoms with Gasteiger partial charge in [0.1, 0.15) is 35.6 Å². The van der Waals surface area contributed by atoms with Gasteiger partial charge in [-0.05, 0) is 106 Å². The normalized spacial score (nSPS) is 22.5. The molecule has 6 amide bonds. The van der Waals surface area contributed by atoms with E-state index in [1.54, 1.807) is 47.1 Å². The Morgan fingerprint density at radius 3 is 1.35 bits per heavy atom. The largest absolute Gasteiger partial charge is 0.347 e. The van der Waals surface area contributed by atoms with E-state index in [4.69, 9.17) is 0 Å². The number of aryl methyl sites for hydroxylation is 2. The average molecular weight is 1090 g/mol. The van der Waals surface area contributed by atoms with Crippen molar-refractivity contribution in [1.82, 2.24) is 71.7 Å². The van der Waals surface area contributed by atoms with Crippen LogP contribution < -0.4 is 31.9 Å². The number of amides is 6. The van der Waals surface area contributed by atoms with Crippen LogP contribution in [-0.2, 0) is 41.6 Å². The van der Waals surface area contributed by atoms with Gasteiger partial charge in [0, 0.05) is 37.1 Å². The molecule has 9 rings (SSSR count). The summed E-state index contributed by atoms with van der Waals surface area (Å²) in [5.74, 6) is -1.85. The first kappa shape index (κ1) is 57.4. The van der Waals surface area contributed by atoms with Crippen LogP contribution in [0.5, 0.6) is 0 Å². The van der Waals surface area contributed by atoms with E-state index in [9.17, 15) is 28.8 Å². The predicted octanol–water partition coefficient (Wildman–Crippen LogP) is 5.15. The lowest BCUT2D eigenvalue weighted by molar-refractivity contribution is -0.144. The molecule has 10 atom stereocenters. The fraction of sp³-hybridized carbons (Fsp3) is 0.533. The van der Waals surface area contributed by atoms with Gasteiger partial charge in [0.15, 0.2) is 0 Å². The number of carbonyl (C=O) groups excluding carboxylic acids is 6. The molecule has 2 aliphatic heterocycles. The first-order valence-electron chi connectivity index (χ1n) is 28.4. The minimum Gasteiger partial charge on any atom is -0.347 e. The molecule has 20 heteroatoms. The molecule has 3 aromatic carbocycles. The van der Waals surface area contributed by atoms with E-state index >= 15 is 0 Å². The maximum atomic E-state index is 14.8. The summed E-state index contributed by atoms with van der Waals surface area (Å²) in [6, 6.07) is 18.2.